The molecule has 0 saturated carbocycles. The Bertz CT molecular complexity index is 1430. The Morgan fingerprint density at radius 2 is 1.95 bits per heavy atom. The molecular formula is C27H31FN4O4S. The molecule has 1 saturated heterocycles. The molecule has 3 aromatic rings. The number of nitrogens with one attached hydrogen (secondary N) is 1. The molecule has 10 heteroatoms. The maximum Gasteiger partial charge on any atom is 0.248 e. The summed E-state index contributed by atoms with van der Waals surface area (Å²) in [6.07, 6.45) is 3.97. The maximum absolute atomic E-state index is 14.0. The summed E-state index contributed by atoms with van der Waals surface area (Å²) in [5.74, 6) is -1.15. The number of piperidine rings is 1. The number of carbonyl (C=O) groups is 1. The molecule has 0 spiro atoms. The van der Waals surface area contributed by atoms with E-state index in [0.29, 0.717) is 24.1 Å². The molecule has 196 valence electrons. The van der Waals surface area contributed by atoms with Gasteiger partial charge in [-0.3, -0.25) is 4.79 Å². The van der Waals surface area contributed by atoms with Gasteiger partial charge >= 0.3 is 0 Å². The summed E-state index contributed by atoms with van der Waals surface area (Å²) < 4.78 is 47.9. The second-order valence-corrected chi connectivity index (χ2v) is 11.3. The lowest BCUT2D eigenvalue weighted by molar-refractivity contribution is -0.120. The first-order valence-corrected chi connectivity index (χ1v) is 13.5. The summed E-state index contributed by atoms with van der Waals surface area (Å²) >= 11 is 0. The summed E-state index contributed by atoms with van der Waals surface area (Å²) in [6.45, 7) is 3.87. The van der Waals surface area contributed by atoms with Crippen LogP contribution in [0.1, 0.15) is 35.4 Å². The molecule has 0 bridgehead atoms. The van der Waals surface area contributed by atoms with E-state index in [4.69, 9.17) is 4.52 Å². The van der Waals surface area contributed by atoms with E-state index in [9.17, 15) is 17.6 Å². The van der Waals surface area contributed by atoms with Crippen molar-refractivity contribution < 1.29 is 22.1 Å². The number of anilines is 2. The zero-order valence-electron chi connectivity index (χ0n) is 21.4. The number of rotatable bonds is 7. The number of aromatic nitrogens is 1. The summed E-state index contributed by atoms with van der Waals surface area (Å²) in [5, 5.41) is 6.79. The topological polar surface area (TPSA) is 95.8 Å². The average molecular weight is 527 g/mol. The minimum Gasteiger partial charge on any atom is -0.377 e. The Kier molecular flexibility index (Phi) is 7.79. The van der Waals surface area contributed by atoms with Crippen molar-refractivity contribution in [3.05, 3.63) is 70.9 Å². The number of nitrogens with zero attached hydrogens (tertiary/aromatic N) is 3. The molecule has 1 aliphatic rings. The standard InChI is InChI=1S/C27H31FN4O4S/c1-18-11-13-22(16-24(18)31(3)4)29-27(33)21-9-7-15-32(17-21)37(34,35)26-19(2)30-36-25(26)14-12-20-8-5-6-10-23(20)28/h5-6,8,10-14,16,21H,7,9,15,17H2,1-4H3,(H,29,33). The maximum atomic E-state index is 14.0. The van der Waals surface area contributed by atoms with E-state index in [1.54, 1.807) is 25.1 Å². The van der Waals surface area contributed by atoms with Crippen LogP contribution in [-0.4, -0.2) is 51.0 Å². The SMILES string of the molecule is Cc1ccc(NC(=O)C2CCCN(S(=O)(=O)c3c(C)noc3C=Cc3ccccc3F)C2)cc1N(C)C. The molecule has 1 aromatic heterocycles. The minimum absolute atomic E-state index is 0.0169. The summed E-state index contributed by atoms with van der Waals surface area (Å²) in [4.78, 5) is 15.0. The molecule has 0 aliphatic carbocycles. The van der Waals surface area contributed by atoms with E-state index in [1.807, 2.05) is 44.1 Å². The second kappa shape index (κ2) is 10.9. The molecule has 1 unspecified atom stereocenters. The van der Waals surface area contributed by atoms with Gasteiger partial charge in [-0.1, -0.05) is 29.4 Å². The average Bonchev–Trinajstić information content (AvgIpc) is 3.25. The van der Waals surface area contributed by atoms with Crippen LogP contribution in [0.2, 0.25) is 0 Å². The van der Waals surface area contributed by atoms with Crippen LogP contribution in [0.25, 0.3) is 12.2 Å². The van der Waals surface area contributed by atoms with Gasteiger partial charge in [0.25, 0.3) is 0 Å². The van der Waals surface area contributed by atoms with E-state index >= 15 is 0 Å². The fourth-order valence-corrected chi connectivity index (χ4v) is 6.27. The van der Waals surface area contributed by atoms with Gasteiger partial charge in [0.1, 0.15) is 11.5 Å². The summed E-state index contributed by atoms with van der Waals surface area (Å²) in [7, 11) is -0.142. The summed E-state index contributed by atoms with van der Waals surface area (Å²) in [6, 6.07) is 11.8. The highest BCUT2D eigenvalue weighted by Gasteiger charge is 2.37. The molecule has 1 N–H and O–H groups in total. The fourth-order valence-electron chi connectivity index (χ4n) is 4.49. The van der Waals surface area contributed by atoms with Crippen LogP contribution in [0.4, 0.5) is 15.8 Å². The highest BCUT2D eigenvalue weighted by Crippen LogP contribution is 2.30. The number of halogens is 1. The molecule has 8 nitrogen and oxygen atoms in total. The van der Waals surface area contributed by atoms with Crippen LogP contribution in [-0.2, 0) is 14.8 Å². The Morgan fingerprint density at radius 1 is 1.19 bits per heavy atom. The molecule has 4 rings (SSSR count). The zero-order valence-corrected chi connectivity index (χ0v) is 22.2. The number of sulfonamides is 1. The molecular weight excluding hydrogens is 495 g/mol. The predicted molar refractivity (Wildman–Crippen MR) is 142 cm³/mol. The van der Waals surface area contributed by atoms with Crippen molar-refractivity contribution in [2.75, 3.05) is 37.4 Å². The van der Waals surface area contributed by atoms with Gasteiger partial charge in [0.05, 0.1) is 5.92 Å². The van der Waals surface area contributed by atoms with E-state index in [0.717, 1.165) is 11.3 Å². The van der Waals surface area contributed by atoms with Gasteiger partial charge in [-0.2, -0.15) is 4.31 Å². The minimum atomic E-state index is -4.01. The van der Waals surface area contributed by atoms with Crippen molar-refractivity contribution in [1.82, 2.24) is 9.46 Å². The van der Waals surface area contributed by atoms with Crippen LogP contribution < -0.4 is 10.2 Å². The van der Waals surface area contributed by atoms with Crippen LogP contribution in [0.5, 0.6) is 0 Å². The van der Waals surface area contributed by atoms with Gasteiger partial charge in [0, 0.05) is 44.1 Å². The molecule has 2 aromatic carbocycles. The monoisotopic (exact) mass is 526 g/mol. The van der Waals surface area contributed by atoms with Gasteiger partial charge in [0.15, 0.2) is 10.7 Å². The lowest BCUT2D eigenvalue weighted by atomic mass is 9.98. The van der Waals surface area contributed by atoms with Gasteiger partial charge in [-0.05, 0) is 62.6 Å². The summed E-state index contributed by atoms with van der Waals surface area (Å²) in [5.41, 5.74) is 3.24. The molecule has 0 radical (unpaired) electrons. The van der Waals surface area contributed by atoms with Crippen molar-refractivity contribution >= 4 is 39.5 Å². The number of carbonyl (C=O) groups excluding carboxylic acids is 1. The molecule has 1 fully saturated rings. The molecule has 1 aliphatic heterocycles. The first-order chi connectivity index (χ1) is 17.6. The first kappa shape index (κ1) is 26.6. The fraction of sp³-hybridized carbons (Fsp3) is 0.333. The van der Waals surface area contributed by atoms with Crippen molar-refractivity contribution in [3.8, 4) is 0 Å². The molecule has 1 atom stereocenters. The molecule has 1 amide bonds. The Morgan fingerprint density at radius 3 is 2.68 bits per heavy atom. The van der Waals surface area contributed by atoms with Crippen molar-refractivity contribution in [1.29, 1.82) is 0 Å². The van der Waals surface area contributed by atoms with Crippen molar-refractivity contribution in [2.24, 2.45) is 5.92 Å². The number of benzene rings is 2. The van der Waals surface area contributed by atoms with Crippen molar-refractivity contribution in [3.63, 3.8) is 0 Å². The van der Waals surface area contributed by atoms with E-state index < -0.39 is 21.8 Å². The number of hydrogen-bond donors (Lipinski definition) is 1. The number of aryl methyl sites for hydroxylation is 2. The molecule has 2 heterocycles. The predicted octanol–water partition coefficient (Wildman–Crippen LogP) is 4.71. The van der Waals surface area contributed by atoms with Crippen LogP contribution in [0.3, 0.4) is 0 Å². The lowest BCUT2D eigenvalue weighted by Gasteiger charge is -2.31. The lowest BCUT2D eigenvalue weighted by Crippen LogP contribution is -2.43. The zero-order chi connectivity index (χ0) is 26.7. The van der Waals surface area contributed by atoms with Gasteiger partial charge < -0.3 is 14.7 Å². The van der Waals surface area contributed by atoms with Crippen LogP contribution in [0, 0.1) is 25.6 Å². The van der Waals surface area contributed by atoms with Crippen LogP contribution in [0.15, 0.2) is 51.9 Å². The first-order valence-electron chi connectivity index (χ1n) is 12.1. The van der Waals surface area contributed by atoms with Gasteiger partial charge in [0.2, 0.25) is 15.9 Å². The van der Waals surface area contributed by atoms with Crippen LogP contribution >= 0.6 is 0 Å². The Balaban J connectivity index is 1.53. The van der Waals surface area contributed by atoms with Gasteiger partial charge in [-0.25, -0.2) is 12.8 Å². The normalized spacial score (nSPS) is 16.7. The third-order valence-electron chi connectivity index (χ3n) is 6.46. The van der Waals surface area contributed by atoms with Gasteiger partial charge in [-0.15, -0.1) is 0 Å². The van der Waals surface area contributed by atoms with E-state index in [-0.39, 0.29) is 35.3 Å². The third kappa shape index (κ3) is 5.75. The van der Waals surface area contributed by atoms with E-state index in [2.05, 4.69) is 10.5 Å². The van der Waals surface area contributed by atoms with E-state index in [1.165, 1.54) is 22.5 Å². The highest BCUT2D eigenvalue weighted by molar-refractivity contribution is 7.89. The largest absolute Gasteiger partial charge is 0.377 e. The Labute approximate surface area is 216 Å². The number of hydrogen-bond acceptors (Lipinski definition) is 6. The number of amides is 1. The van der Waals surface area contributed by atoms with Crippen molar-refractivity contribution in [2.45, 2.75) is 31.6 Å². The smallest absolute Gasteiger partial charge is 0.248 e. The third-order valence-corrected chi connectivity index (χ3v) is 8.49. The molecule has 37 heavy (non-hydrogen) atoms. The second-order valence-electron chi connectivity index (χ2n) is 9.40. The Hall–Kier alpha value is -3.50. The quantitative estimate of drug-likeness (QED) is 0.479. The highest BCUT2D eigenvalue weighted by atomic mass is 32.2.